The van der Waals surface area contributed by atoms with Crippen LogP contribution in [-0.2, 0) is 0 Å². The molecule has 0 aliphatic heterocycles. The number of aromatic carboxylic acids is 1. The molecule has 0 saturated heterocycles. The molecule has 1 aromatic heterocycles. The van der Waals surface area contributed by atoms with Gasteiger partial charge in [0.25, 0.3) is 0 Å². The summed E-state index contributed by atoms with van der Waals surface area (Å²) in [7, 11) is 0. The predicted octanol–water partition coefficient (Wildman–Crippen LogP) is 2.51. The van der Waals surface area contributed by atoms with Gasteiger partial charge < -0.3 is 5.11 Å². The number of aromatic nitrogens is 2. The number of rotatable bonds is 3. The Bertz CT molecular complexity index is 360. The average Bonchev–Trinajstić information content (AvgIpc) is 2.40. The summed E-state index contributed by atoms with van der Waals surface area (Å²) in [6.07, 6.45) is 0.861. The van der Waals surface area contributed by atoms with Crippen LogP contribution in [0.2, 0.25) is 5.15 Å². The Labute approximate surface area is 87.5 Å². The molecule has 0 saturated carbocycles. The highest BCUT2D eigenvalue weighted by Crippen LogP contribution is 2.24. The van der Waals surface area contributed by atoms with E-state index in [9.17, 15) is 4.79 Å². The lowest BCUT2D eigenvalue weighted by Gasteiger charge is -2.09. The van der Waals surface area contributed by atoms with E-state index in [1.54, 1.807) is 11.6 Å². The maximum absolute atomic E-state index is 10.8. The van der Waals surface area contributed by atoms with Gasteiger partial charge in [-0.05, 0) is 20.3 Å². The molecule has 0 aliphatic carbocycles. The Morgan fingerprint density at radius 2 is 2.29 bits per heavy atom. The summed E-state index contributed by atoms with van der Waals surface area (Å²) < 4.78 is 1.56. The van der Waals surface area contributed by atoms with E-state index < -0.39 is 5.97 Å². The number of carbonyl (C=O) groups is 1. The molecule has 1 heterocycles. The second-order valence-corrected chi connectivity index (χ2v) is 3.62. The quantitative estimate of drug-likeness (QED) is 0.845. The van der Waals surface area contributed by atoms with Gasteiger partial charge >= 0.3 is 5.97 Å². The summed E-state index contributed by atoms with van der Waals surface area (Å²) in [5, 5.41) is 13.2. The predicted molar refractivity (Wildman–Crippen MR) is 53.9 cm³/mol. The number of carboxylic acids is 1. The van der Waals surface area contributed by atoms with Gasteiger partial charge in [0.1, 0.15) is 10.7 Å². The molecule has 4 nitrogen and oxygen atoms in total. The first-order valence-electron chi connectivity index (χ1n) is 4.46. The van der Waals surface area contributed by atoms with E-state index >= 15 is 0 Å². The molecular formula is C9H13ClN2O2. The Balaban J connectivity index is 3.23. The van der Waals surface area contributed by atoms with Crippen molar-refractivity contribution >= 4 is 17.6 Å². The van der Waals surface area contributed by atoms with Crippen LogP contribution in [0, 0.1) is 6.92 Å². The lowest BCUT2D eigenvalue weighted by atomic mass is 10.2. The van der Waals surface area contributed by atoms with Gasteiger partial charge in [0.2, 0.25) is 0 Å². The van der Waals surface area contributed by atoms with Crippen molar-refractivity contribution in [2.24, 2.45) is 0 Å². The molecule has 0 bridgehead atoms. The first-order valence-corrected chi connectivity index (χ1v) is 4.84. The first kappa shape index (κ1) is 11.0. The van der Waals surface area contributed by atoms with Crippen molar-refractivity contribution in [2.45, 2.75) is 33.2 Å². The van der Waals surface area contributed by atoms with Crippen molar-refractivity contribution in [3.8, 4) is 0 Å². The summed E-state index contributed by atoms with van der Waals surface area (Å²) in [4.78, 5) is 10.8. The zero-order valence-corrected chi connectivity index (χ0v) is 9.17. The fourth-order valence-electron chi connectivity index (χ4n) is 1.23. The summed E-state index contributed by atoms with van der Waals surface area (Å²) in [5.74, 6) is -1.03. The van der Waals surface area contributed by atoms with E-state index in [1.165, 1.54) is 0 Å². The van der Waals surface area contributed by atoms with E-state index in [0.29, 0.717) is 5.69 Å². The van der Waals surface area contributed by atoms with Crippen LogP contribution < -0.4 is 0 Å². The molecule has 1 atom stereocenters. The minimum absolute atomic E-state index is 0.104. The van der Waals surface area contributed by atoms with Crippen molar-refractivity contribution < 1.29 is 9.90 Å². The van der Waals surface area contributed by atoms with Gasteiger partial charge in [0, 0.05) is 0 Å². The van der Waals surface area contributed by atoms with E-state index in [0.717, 1.165) is 6.42 Å². The summed E-state index contributed by atoms with van der Waals surface area (Å²) >= 11 is 5.92. The highest BCUT2D eigenvalue weighted by molar-refractivity contribution is 6.32. The average molecular weight is 217 g/mol. The fraction of sp³-hybridized carbons (Fsp3) is 0.556. The highest BCUT2D eigenvalue weighted by atomic mass is 35.5. The van der Waals surface area contributed by atoms with Gasteiger partial charge in [0.15, 0.2) is 0 Å². The molecule has 5 heteroatoms. The van der Waals surface area contributed by atoms with Gasteiger partial charge in [0.05, 0.1) is 11.7 Å². The summed E-state index contributed by atoms with van der Waals surface area (Å²) in [6, 6.07) is 0.120. The van der Waals surface area contributed by atoms with Gasteiger partial charge in [-0.3, -0.25) is 4.68 Å². The third-order valence-electron chi connectivity index (χ3n) is 2.25. The zero-order chi connectivity index (χ0) is 10.9. The Hall–Kier alpha value is -1.03. The SMILES string of the molecule is CCC(C)n1nc(C)c(C(=O)O)c1Cl. The van der Waals surface area contributed by atoms with E-state index in [1.807, 2.05) is 13.8 Å². The molecule has 78 valence electrons. The Morgan fingerprint density at radius 3 is 2.64 bits per heavy atom. The van der Waals surface area contributed by atoms with Crippen molar-refractivity contribution in [2.75, 3.05) is 0 Å². The van der Waals surface area contributed by atoms with Crippen LogP contribution in [0.5, 0.6) is 0 Å². The second kappa shape index (κ2) is 4.00. The molecule has 1 N–H and O–H groups in total. The lowest BCUT2D eigenvalue weighted by Crippen LogP contribution is -2.06. The number of aryl methyl sites for hydroxylation is 1. The molecule has 0 aromatic carbocycles. The molecule has 1 unspecified atom stereocenters. The lowest BCUT2D eigenvalue weighted by molar-refractivity contribution is 0.0696. The fourth-order valence-corrected chi connectivity index (χ4v) is 1.65. The number of hydrogen-bond donors (Lipinski definition) is 1. The van der Waals surface area contributed by atoms with Gasteiger partial charge in [-0.25, -0.2) is 4.79 Å². The summed E-state index contributed by atoms with van der Waals surface area (Å²) in [5.41, 5.74) is 0.565. The number of nitrogens with zero attached hydrogens (tertiary/aromatic N) is 2. The highest BCUT2D eigenvalue weighted by Gasteiger charge is 2.21. The minimum atomic E-state index is -1.03. The van der Waals surface area contributed by atoms with Crippen LogP contribution in [0.25, 0.3) is 0 Å². The van der Waals surface area contributed by atoms with Gasteiger partial charge in [-0.2, -0.15) is 5.10 Å². The van der Waals surface area contributed by atoms with Crippen molar-refractivity contribution in [3.05, 3.63) is 16.4 Å². The number of carboxylic acid groups (broad SMARTS) is 1. The number of hydrogen-bond acceptors (Lipinski definition) is 2. The topological polar surface area (TPSA) is 55.1 Å². The van der Waals surface area contributed by atoms with Gasteiger partial charge in [-0.15, -0.1) is 0 Å². The standard InChI is InChI=1S/C9H13ClN2O2/c1-4-5(2)12-8(10)7(9(13)14)6(3)11-12/h5H,4H2,1-3H3,(H,13,14). The normalized spacial score (nSPS) is 12.9. The van der Waals surface area contributed by atoms with Gasteiger partial charge in [-0.1, -0.05) is 18.5 Å². The Kier molecular flexibility index (Phi) is 3.16. The first-order chi connectivity index (χ1) is 6.49. The summed E-state index contributed by atoms with van der Waals surface area (Å²) in [6.45, 7) is 5.59. The monoisotopic (exact) mass is 216 g/mol. The van der Waals surface area contributed by atoms with Crippen LogP contribution in [-0.4, -0.2) is 20.9 Å². The molecule has 0 fully saturated rings. The van der Waals surface area contributed by atoms with E-state index in [4.69, 9.17) is 16.7 Å². The maximum atomic E-state index is 10.8. The van der Waals surface area contributed by atoms with Crippen molar-refractivity contribution in [1.82, 2.24) is 9.78 Å². The third-order valence-corrected chi connectivity index (χ3v) is 2.61. The van der Waals surface area contributed by atoms with Crippen LogP contribution in [0.3, 0.4) is 0 Å². The molecule has 0 aliphatic rings. The van der Waals surface area contributed by atoms with E-state index in [2.05, 4.69) is 5.10 Å². The molecule has 0 radical (unpaired) electrons. The Morgan fingerprint density at radius 1 is 1.71 bits per heavy atom. The zero-order valence-electron chi connectivity index (χ0n) is 8.41. The third kappa shape index (κ3) is 1.75. The molecule has 0 spiro atoms. The van der Waals surface area contributed by atoms with Crippen LogP contribution in [0.15, 0.2) is 0 Å². The smallest absolute Gasteiger partial charge is 0.340 e. The maximum Gasteiger partial charge on any atom is 0.340 e. The largest absolute Gasteiger partial charge is 0.478 e. The molecule has 1 rings (SSSR count). The number of halogens is 1. The molecular weight excluding hydrogens is 204 g/mol. The van der Waals surface area contributed by atoms with Crippen molar-refractivity contribution in [1.29, 1.82) is 0 Å². The minimum Gasteiger partial charge on any atom is -0.478 e. The van der Waals surface area contributed by atoms with Crippen LogP contribution >= 0.6 is 11.6 Å². The van der Waals surface area contributed by atoms with Crippen LogP contribution in [0.1, 0.15) is 42.4 Å². The molecule has 1 aromatic rings. The van der Waals surface area contributed by atoms with E-state index in [-0.39, 0.29) is 16.8 Å². The molecule has 14 heavy (non-hydrogen) atoms. The second-order valence-electron chi connectivity index (χ2n) is 3.26. The van der Waals surface area contributed by atoms with Crippen LogP contribution in [0.4, 0.5) is 0 Å². The molecule has 0 amide bonds. The van der Waals surface area contributed by atoms with Crippen molar-refractivity contribution in [3.63, 3.8) is 0 Å².